The molecule has 8 heteroatoms. The molecule has 4 fully saturated rings. The van der Waals surface area contributed by atoms with Crippen molar-refractivity contribution in [3.05, 3.63) is 0 Å². The Labute approximate surface area is 155 Å². The van der Waals surface area contributed by atoms with Crippen LogP contribution >= 0.6 is 0 Å². The zero-order chi connectivity index (χ0) is 20.4. The Balaban J connectivity index is 2.06. The highest BCUT2D eigenvalue weighted by molar-refractivity contribution is 5.76. The van der Waals surface area contributed by atoms with Crippen LogP contribution in [0.4, 0.5) is 22.0 Å². The van der Waals surface area contributed by atoms with Gasteiger partial charge in [-0.25, -0.2) is 0 Å². The highest BCUT2D eigenvalue weighted by Crippen LogP contribution is 2.65. The molecule has 0 radical (unpaired) electrons. The second-order valence-electron chi connectivity index (χ2n) is 9.29. The lowest BCUT2D eigenvalue weighted by atomic mass is 9.48. The van der Waals surface area contributed by atoms with E-state index < -0.39 is 47.0 Å². The smallest absolute Gasteiger partial charge is 0.420 e. The molecule has 0 aromatic rings. The molecule has 156 valence electrons. The van der Waals surface area contributed by atoms with Crippen molar-refractivity contribution in [1.29, 1.82) is 0 Å². The van der Waals surface area contributed by atoms with E-state index in [0.29, 0.717) is 32.1 Å². The molecule has 0 spiro atoms. The maximum Gasteiger partial charge on any atom is 0.420 e. The van der Waals surface area contributed by atoms with Gasteiger partial charge in [0.1, 0.15) is 0 Å². The molecule has 4 saturated carbocycles. The quantitative estimate of drug-likeness (QED) is 0.539. The number of hydrogen-bond acceptors (Lipinski definition) is 3. The first-order valence-corrected chi connectivity index (χ1v) is 9.61. The van der Waals surface area contributed by atoms with Crippen LogP contribution in [0.15, 0.2) is 0 Å². The molecule has 0 aromatic carbocycles. The fourth-order valence-corrected chi connectivity index (χ4v) is 5.52. The summed E-state index contributed by atoms with van der Waals surface area (Å²) < 4.78 is 75.3. The summed E-state index contributed by atoms with van der Waals surface area (Å²) in [6.45, 7) is 4.74. The maximum absolute atomic E-state index is 15.3. The first-order chi connectivity index (χ1) is 12.3. The molecule has 4 bridgehead atoms. The van der Waals surface area contributed by atoms with E-state index in [2.05, 4.69) is 0 Å². The molecule has 1 atom stereocenters. The predicted molar refractivity (Wildman–Crippen MR) is 86.9 cm³/mol. The van der Waals surface area contributed by atoms with Crippen LogP contribution in [0.5, 0.6) is 0 Å². The van der Waals surface area contributed by atoms with Gasteiger partial charge in [0, 0.05) is 11.8 Å². The van der Waals surface area contributed by atoms with Crippen molar-refractivity contribution in [2.75, 3.05) is 0 Å². The first kappa shape index (κ1) is 20.8. The van der Waals surface area contributed by atoms with Gasteiger partial charge in [0.05, 0.1) is 5.41 Å². The summed E-state index contributed by atoms with van der Waals surface area (Å²) in [5.41, 5.74) is -3.69. The molecule has 0 saturated heterocycles. The van der Waals surface area contributed by atoms with Gasteiger partial charge in [-0.05, 0) is 64.2 Å². The molecule has 0 heterocycles. The minimum atomic E-state index is -5.50. The van der Waals surface area contributed by atoms with Gasteiger partial charge in [-0.15, -0.1) is 0 Å². The summed E-state index contributed by atoms with van der Waals surface area (Å²) in [5, 5.41) is 9.57. The highest BCUT2D eigenvalue weighted by atomic mass is 19.4. The Bertz CT molecular complexity index is 571. The highest BCUT2D eigenvalue weighted by Gasteiger charge is 2.76. The van der Waals surface area contributed by atoms with Crippen LogP contribution in [0.2, 0.25) is 0 Å². The third-order valence-electron chi connectivity index (χ3n) is 7.22. The molecule has 3 nitrogen and oxygen atoms in total. The van der Waals surface area contributed by atoms with Crippen molar-refractivity contribution >= 4 is 5.97 Å². The Kier molecular flexibility index (Phi) is 4.85. The van der Waals surface area contributed by atoms with Crippen molar-refractivity contribution in [3.63, 3.8) is 0 Å². The molecule has 1 N–H and O–H groups in total. The minimum Gasteiger partial charge on any atom is -0.452 e. The Morgan fingerprint density at radius 3 is 1.85 bits per heavy atom. The lowest BCUT2D eigenvalue weighted by Gasteiger charge is -2.62. The average Bonchev–Trinajstić information content (AvgIpc) is 2.55. The number of aliphatic hydroxyl groups is 1. The van der Waals surface area contributed by atoms with Crippen molar-refractivity contribution < 1.29 is 36.6 Å². The van der Waals surface area contributed by atoms with E-state index in [-0.39, 0.29) is 11.8 Å². The fraction of sp³-hybridized carbons (Fsp3) is 0.947. The molecular weight excluding hydrogens is 371 g/mol. The average molecular weight is 398 g/mol. The lowest BCUT2D eigenvalue weighted by Crippen LogP contribution is -2.72. The number of rotatable bonds is 5. The molecule has 4 aliphatic carbocycles. The molecule has 0 amide bonds. The zero-order valence-electron chi connectivity index (χ0n) is 15.8. The van der Waals surface area contributed by atoms with Crippen LogP contribution in [0.25, 0.3) is 0 Å². The van der Waals surface area contributed by atoms with Gasteiger partial charge in [-0.3, -0.25) is 4.79 Å². The molecule has 27 heavy (non-hydrogen) atoms. The van der Waals surface area contributed by atoms with Gasteiger partial charge < -0.3 is 9.84 Å². The monoisotopic (exact) mass is 398 g/mol. The Morgan fingerprint density at radius 2 is 1.48 bits per heavy atom. The van der Waals surface area contributed by atoms with Gasteiger partial charge in [0.2, 0.25) is 6.10 Å². The largest absolute Gasteiger partial charge is 0.452 e. The molecule has 0 aliphatic heterocycles. The van der Waals surface area contributed by atoms with Crippen LogP contribution in [0.3, 0.4) is 0 Å². The van der Waals surface area contributed by atoms with Gasteiger partial charge >= 0.3 is 18.1 Å². The van der Waals surface area contributed by atoms with E-state index in [4.69, 9.17) is 4.74 Å². The van der Waals surface area contributed by atoms with Crippen molar-refractivity contribution in [2.45, 2.75) is 83.1 Å². The molecule has 0 aromatic heterocycles. The van der Waals surface area contributed by atoms with Crippen molar-refractivity contribution in [1.82, 2.24) is 0 Å². The molecule has 1 unspecified atom stereocenters. The third kappa shape index (κ3) is 3.06. The third-order valence-corrected chi connectivity index (χ3v) is 7.22. The predicted octanol–water partition coefficient (Wildman–Crippen LogP) is 4.72. The van der Waals surface area contributed by atoms with E-state index in [1.165, 1.54) is 13.8 Å². The summed E-state index contributed by atoms with van der Waals surface area (Å²) in [6, 6.07) is 0. The number of aliphatic hydroxyl groups excluding tert-OH is 1. The van der Waals surface area contributed by atoms with E-state index in [1.807, 2.05) is 0 Å². The molecule has 4 aliphatic rings. The Morgan fingerprint density at radius 1 is 1.04 bits per heavy atom. The Hall–Kier alpha value is -0.920. The lowest BCUT2D eigenvalue weighted by molar-refractivity contribution is -0.355. The van der Waals surface area contributed by atoms with E-state index in [1.54, 1.807) is 6.92 Å². The van der Waals surface area contributed by atoms with E-state index in [0.717, 1.165) is 6.42 Å². The SMILES string of the molecule is CCC(C)(C)C(=O)OC1(C(F)(F)C(O)C(F)(F)F)C2CC3CC(C2)CC1C3. The summed E-state index contributed by atoms with van der Waals surface area (Å²) in [4.78, 5) is 12.7. The summed E-state index contributed by atoms with van der Waals surface area (Å²) in [6.07, 6.45) is -6.92. The second kappa shape index (κ2) is 6.29. The molecule has 4 rings (SSSR count). The van der Waals surface area contributed by atoms with E-state index in [9.17, 15) is 23.1 Å². The van der Waals surface area contributed by atoms with Crippen LogP contribution in [-0.4, -0.2) is 34.9 Å². The van der Waals surface area contributed by atoms with Crippen LogP contribution < -0.4 is 0 Å². The van der Waals surface area contributed by atoms with Crippen molar-refractivity contribution in [3.8, 4) is 0 Å². The molecular formula is C19H27F5O3. The normalized spacial score (nSPS) is 37.4. The van der Waals surface area contributed by atoms with Gasteiger partial charge in [0.15, 0.2) is 5.60 Å². The number of esters is 1. The van der Waals surface area contributed by atoms with Gasteiger partial charge in [-0.1, -0.05) is 6.92 Å². The van der Waals surface area contributed by atoms with E-state index >= 15 is 8.78 Å². The zero-order valence-corrected chi connectivity index (χ0v) is 15.8. The number of carbonyl (C=O) groups is 1. The fourth-order valence-electron chi connectivity index (χ4n) is 5.52. The number of carbonyl (C=O) groups excluding carboxylic acids is 1. The number of hydrogen-bond donors (Lipinski definition) is 1. The first-order valence-electron chi connectivity index (χ1n) is 9.61. The second-order valence-corrected chi connectivity index (χ2v) is 9.29. The minimum absolute atomic E-state index is 0.178. The number of ether oxygens (including phenoxy) is 1. The summed E-state index contributed by atoms with van der Waals surface area (Å²) in [7, 11) is 0. The van der Waals surface area contributed by atoms with Gasteiger partial charge in [-0.2, -0.15) is 22.0 Å². The topological polar surface area (TPSA) is 46.5 Å². The summed E-state index contributed by atoms with van der Waals surface area (Å²) in [5.74, 6) is -6.90. The van der Waals surface area contributed by atoms with Crippen molar-refractivity contribution in [2.24, 2.45) is 29.1 Å². The van der Waals surface area contributed by atoms with Gasteiger partial charge in [0.25, 0.3) is 0 Å². The van der Waals surface area contributed by atoms with Crippen LogP contribution in [-0.2, 0) is 9.53 Å². The number of halogens is 5. The maximum atomic E-state index is 15.3. The summed E-state index contributed by atoms with van der Waals surface area (Å²) >= 11 is 0. The standard InChI is InChI=1S/C19H27F5O3/c1-4-16(2,3)15(26)27-17(18(20,21)14(25)19(22,23)24)12-6-10-5-11(8-12)9-13(17)7-10/h10-14,25H,4-9H2,1-3H3. The van der Waals surface area contributed by atoms with Crippen LogP contribution in [0, 0.1) is 29.1 Å². The number of alkyl halides is 5. The van der Waals surface area contributed by atoms with Crippen LogP contribution in [0.1, 0.15) is 59.3 Å².